The van der Waals surface area contributed by atoms with Crippen LogP contribution < -0.4 is 15.8 Å². The molecular formula is C99H87Cl2N19O8S2. The van der Waals surface area contributed by atoms with E-state index in [2.05, 4.69) is 51.8 Å². The van der Waals surface area contributed by atoms with Crippen LogP contribution in [0.3, 0.4) is 0 Å². The van der Waals surface area contributed by atoms with Gasteiger partial charge in [0.05, 0.1) is 66.7 Å². The normalized spacial score (nSPS) is 13.0. The van der Waals surface area contributed by atoms with Crippen molar-refractivity contribution in [3.05, 3.63) is 414 Å². The quantitative estimate of drug-likeness (QED) is 0.0693. The lowest BCUT2D eigenvalue weighted by molar-refractivity contribution is 0.0894. The van der Waals surface area contributed by atoms with Gasteiger partial charge in [-0.25, -0.2) is 33.1 Å². The first-order valence-corrected chi connectivity index (χ1v) is 43.4. The molecule has 0 radical (unpaired) electrons. The SMILES string of the molecule is Cc1nnc(N2N=CCC2/C=C/c2cccc(Cl)c2)n1N.Cn1cccc1C(=O)n1ccc(/C=C/c2ccco2)n1.Cn1cccc1C(=O)n1ccc(/C=C/c2cccs2)n1.O=C(Cc1ccc(Cl)cc1)n1ccc(/C=C/c2cccs2)n1.O=C(c1ccc(N2CCOCC2)cc1)n1ccc(/C=C/c2ccccc2)n1.O=C(c1ccccc1)n1ccc(/C=C/c2ccco2)n1. The standard InChI is InChI=1S/C22H21N3O2.C17H13ClN2OS.C16H12N2O2.C15H13N3O2.C15H13N3OS.C14H15ClN6/c26-22(19-7-10-21(11-8-19)24-14-16-27-17-15-24)25-13-12-20(23-25)9-6-18-4-2-1-3-5-18;18-14-5-3-13(4-6-14)12-17(21)20-10-9-15(19-20)7-8-16-2-1-11-22-16;19-16(13-5-2-1-3-6-13)18-11-10-14(17-18)8-9-15-7-4-12-20-15;2*1-17-9-2-5-14(17)15(19)18-10-8-12(16-18)6-7-13-4-3-11-20-13;1-10-18-19-14(20(10)16)21-13(7-8-17-21)6-5-11-3-2-4-12(15)9-11/h1-13H,14-17H2;1-11H,12H2;1-12H;2*2-11H,1H3;2-6,8-9,13H,7,16H2,1H3/b9-6+;8-7+;9-8+;2*7-6+;6-5+. The Morgan fingerprint density at radius 2 is 0.931 bits per heavy atom. The highest BCUT2D eigenvalue weighted by atomic mass is 35.5. The zero-order valence-electron chi connectivity index (χ0n) is 70.7. The van der Waals surface area contributed by atoms with Crippen molar-refractivity contribution in [3.8, 4) is 0 Å². The lowest BCUT2D eigenvalue weighted by Crippen LogP contribution is -2.36. The lowest BCUT2D eigenvalue weighted by Gasteiger charge is -2.28. The molecule has 1 unspecified atom stereocenters. The Labute approximate surface area is 766 Å². The molecular weight excluding hydrogens is 1720 g/mol. The Hall–Kier alpha value is -15.8. The minimum atomic E-state index is -0.157. The molecule has 0 bridgehead atoms. The maximum atomic E-state index is 12.7. The summed E-state index contributed by atoms with van der Waals surface area (Å²) < 4.78 is 27.5. The van der Waals surface area contributed by atoms with E-state index in [0.717, 1.165) is 93.5 Å². The van der Waals surface area contributed by atoms with E-state index < -0.39 is 0 Å². The molecule has 12 aromatic heterocycles. The van der Waals surface area contributed by atoms with Crippen molar-refractivity contribution in [1.29, 1.82) is 0 Å². The number of hydrogen-bond acceptors (Lipinski definition) is 21. The first-order chi connectivity index (χ1) is 63.4. The number of nitrogens with two attached hydrogens (primary N) is 1. The number of thiophene rings is 2. The van der Waals surface area contributed by atoms with E-state index in [4.69, 9.17) is 42.6 Å². The van der Waals surface area contributed by atoms with E-state index in [0.29, 0.717) is 62.1 Å². The Kier molecular flexibility index (Phi) is 31.6. The zero-order valence-corrected chi connectivity index (χ0v) is 73.8. The maximum Gasteiger partial charge on any atom is 0.294 e. The van der Waals surface area contributed by atoms with Gasteiger partial charge in [0.1, 0.15) is 22.9 Å². The van der Waals surface area contributed by atoms with E-state index in [9.17, 15) is 24.0 Å². The summed E-state index contributed by atoms with van der Waals surface area (Å²) in [5, 5.41) is 40.9. The molecule has 1 saturated heterocycles. The molecule has 2 aliphatic heterocycles. The fourth-order valence-corrected chi connectivity index (χ4v) is 14.3. The summed E-state index contributed by atoms with van der Waals surface area (Å²) in [4.78, 5) is 66.0. The van der Waals surface area contributed by atoms with Gasteiger partial charge >= 0.3 is 0 Å². The molecule has 0 saturated carbocycles. The number of aryl methyl sites for hydroxylation is 3. The third-order valence-corrected chi connectivity index (χ3v) is 21.8. The Morgan fingerprint density at radius 1 is 0.446 bits per heavy atom. The summed E-state index contributed by atoms with van der Waals surface area (Å²) in [6, 6.07) is 73.4. The van der Waals surface area contributed by atoms with E-state index in [-0.39, 0.29) is 35.6 Å². The molecule has 1 fully saturated rings. The molecule has 0 amide bonds. The summed E-state index contributed by atoms with van der Waals surface area (Å²) in [5.41, 5.74) is 10.3. The van der Waals surface area contributed by atoms with Crippen molar-refractivity contribution in [3.63, 3.8) is 0 Å². The van der Waals surface area contributed by atoms with Gasteiger partial charge < -0.3 is 33.4 Å². The molecule has 17 aromatic rings. The molecule has 5 aromatic carbocycles. The predicted molar refractivity (Wildman–Crippen MR) is 514 cm³/mol. The monoisotopic (exact) mass is 1800 g/mol. The highest BCUT2D eigenvalue weighted by molar-refractivity contribution is 7.11. The summed E-state index contributed by atoms with van der Waals surface area (Å²) >= 11 is 15.1. The number of rotatable bonds is 20. The second-order valence-electron chi connectivity index (χ2n) is 28.8. The van der Waals surface area contributed by atoms with Crippen molar-refractivity contribution < 1.29 is 37.5 Å². The summed E-state index contributed by atoms with van der Waals surface area (Å²) in [6.07, 6.45) is 41.1. The van der Waals surface area contributed by atoms with Gasteiger partial charge in [-0.05, 0) is 241 Å². The van der Waals surface area contributed by atoms with Crippen LogP contribution in [0.4, 0.5) is 11.6 Å². The molecule has 0 aliphatic carbocycles. The first kappa shape index (κ1) is 90.5. The second-order valence-corrected chi connectivity index (χ2v) is 31.6. The predicted octanol–water partition coefficient (Wildman–Crippen LogP) is 19.6. The van der Waals surface area contributed by atoms with Crippen LogP contribution in [0.25, 0.3) is 66.8 Å². The molecule has 2 aliphatic rings. The van der Waals surface area contributed by atoms with Crippen molar-refractivity contribution in [2.45, 2.75) is 25.8 Å². The third kappa shape index (κ3) is 25.7. The Morgan fingerprint density at radius 3 is 1.41 bits per heavy atom. The molecule has 652 valence electrons. The van der Waals surface area contributed by atoms with Crippen molar-refractivity contribution in [1.82, 2.24) is 72.9 Å². The number of nitrogen functional groups attached to an aromatic ring is 1. The third-order valence-electron chi connectivity index (χ3n) is 19.6. The molecule has 130 heavy (non-hydrogen) atoms. The van der Waals surface area contributed by atoms with Crippen LogP contribution in [-0.4, -0.2) is 141 Å². The van der Waals surface area contributed by atoms with Crippen molar-refractivity contribution in [2.75, 3.05) is 42.1 Å². The van der Waals surface area contributed by atoms with E-state index in [1.54, 1.807) is 160 Å². The molecule has 19 rings (SSSR count). The number of anilines is 2. The number of carbonyl (C=O) groups excluding carboxylic acids is 5. The smallest absolute Gasteiger partial charge is 0.294 e. The fourth-order valence-electron chi connectivity index (χ4n) is 12.8. The molecule has 31 heteroatoms. The van der Waals surface area contributed by atoms with Crippen molar-refractivity contribution in [2.24, 2.45) is 19.2 Å². The molecule has 2 N–H and O–H groups in total. The van der Waals surface area contributed by atoms with E-state index in [1.807, 2.05) is 274 Å². The highest BCUT2D eigenvalue weighted by Crippen LogP contribution is 2.25. The highest BCUT2D eigenvalue weighted by Gasteiger charge is 2.26. The van der Waals surface area contributed by atoms with Crippen molar-refractivity contribution >= 4 is 160 Å². The number of benzene rings is 5. The van der Waals surface area contributed by atoms with Gasteiger partial charge in [0, 0.05) is 120 Å². The molecule has 0 spiro atoms. The minimum absolute atomic E-state index is 0.0647. The first-order valence-electron chi connectivity index (χ1n) is 40.9. The van der Waals surface area contributed by atoms with Crippen LogP contribution in [0.5, 0.6) is 0 Å². The van der Waals surface area contributed by atoms with Gasteiger partial charge in [0.15, 0.2) is 5.82 Å². The lowest BCUT2D eigenvalue weighted by atomic mass is 10.1. The average Bonchev–Trinajstić information content (AvgIpc) is 1.68. The average molecular weight is 1810 g/mol. The zero-order chi connectivity index (χ0) is 90.3. The largest absolute Gasteiger partial charge is 0.465 e. The topological polar surface area (TPSA) is 295 Å². The van der Waals surface area contributed by atoms with Crippen LogP contribution in [0, 0.1) is 6.92 Å². The maximum absolute atomic E-state index is 12.7. The fraction of sp³-hybridized carbons (Fsp3) is 0.101. The van der Waals surface area contributed by atoms with Gasteiger partial charge in [0.25, 0.3) is 35.5 Å². The Bertz CT molecular complexity index is 6610. The number of aromatic nitrogens is 15. The number of ether oxygens (including phenoxy) is 1. The Balaban J connectivity index is 0.000000126. The molecule has 1 atom stereocenters. The van der Waals surface area contributed by atoms with Crippen LogP contribution >= 0.6 is 45.9 Å². The number of halogens is 2. The van der Waals surface area contributed by atoms with Gasteiger partial charge in [-0.1, -0.05) is 126 Å². The number of nitrogens with zero attached hydrogens (tertiary/aromatic N) is 18. The van der Waals surface area contributed by atoms with E-state index >= 15 is 0 Å². The number of hydrazone groups is 1. The van der Waals surface area contributed by atoms with Gasteiger partial charge in [-0.3, -0.25) is 24.0 Å². The van der Waals surface area contributed by atoms with Crippen LogP contribution in [-0.2, 0) is 25.3 Å². The van der Waals surface area contributed by atoms with Gasteiger partial charge in [0.2, 0.25) is 0 Å². The minimum Gasteiger partial charge on any atom is -0.465 e. The summed E-state index contributed by atoms with van der Waals surface area (Å²) in [6.45, 7) is 5.04. The van der Waals surface area contributed by atoms with Crippen LogP contribution in [0.2, 0.25) is 10.0 Å². The number of carbonyl (C=O) groups is 5. The number of morpholine rings is 1. The molecule has 14 heterocycles. The number of hydrogen-bond donors (Lipinski definition) is 1. The summed E-state index contributed by atoms with van der Waals surface area (Å²) in [7, 11) is 3.67. The van der Waals surface area contributed by atoms with Crippen LogP contribution in [0.15, 0.2) is 323 Å². The molecule has 27 nitrogen and oxygen atoms in total. The number of furan rings is 2. The van der Waals surface area contributed by atoms with E-state index in [1.165, 1.54) is 28.1 Å². The van der Waals surface area contributed by atoms with Gasteiger partial charge in [-0.2, -0.15) is 30.6 Å². The van der Waals surface area contributed by atoms with Crippen LogP contribution in [0.1, 0.15) is 125 Å². The van der Waals surface area contributed by atoms with Gasteiger partial charge in [-0.15, -0.1) is 32.9 Å². The summed E-state index contributed by atoms with van der Waals surface area (Å²) in [5.74, 6) is 7.92. The second kappa shape index (κ2) is 45.4.